The van der Waals surface area contributed by atoms with Crippen LogP contribution in [0.4, 0.5) is 19.0 Å². The van der Waals surface area contributed by atoms with Gasteiger partial charge in [0.25, 0.3) is 5.92 Å². The van der Waals surface area contributed by atoms with Gasteiger partial charge in [-0.2, -0.15) is 0 Å². The molecule has 1 saturated heterocycles. The third kappa shape index (κ3) is 2.71. The summed E-state index contributed by atoms with van der Waals surface area (Å²) in [4.78, 5) is 17.1. The summed E-state index contributed by atoms with van der Waals surface area (Å²) in [5.74, 6) is -5.48. The van der Waals surface area contributed by atoms with Gasteiger partial charge in [-0.25, -0.2) is 22.9 Å². The summed E-state index contributed by atoms with van der Waals surface area (Å²) in [6.45, 7) is 1.36. The highest BCUT2D eigenvalue weighted by Crippen LogP contribution is 2.36. The van der Waals surface area contributed by atoms with Crippen LogP contribution in [0.5, 0.6) is 0 Å². The van der Waals surface area contributed by atoms with Gasteiger partial charge >= 0.3 is 5.97 Å². The molecule has 1 aliphatic heterocycles. The van der Waals surface area contributed by atoms with Gasteiger partial charge in [0.2, 0.25) is 0 Å². The van der Waals surface area contributed by atoms with Crippen LogP contribution >= 0.6 is 0 Å². The molecular weight excluding hydrogens is 309 g/mol. The van der Waals surface area contributed by atoms with Crippen molar-refractivity contribution in [3.05, 3.63) is 35.6 Å². The van der Waals surface area contributed by atoms with E-state index in [2.05, 4.69) is 4.98 Å². The molecule has 4 nitrogen and oxygen atoms in total. The van der Waals surface area contributed by atoms with Gasteiger partial charge in [-0.05, 0) is 12.1 Å². The van der Waals surface area contributed by atoms with E-state index in [4.69, 9.17) is 0 Å². The number of fused-ring (bicyclic) bond motifs is 1. The first-order chi connectivity index (χ1) is 10.8. The van der Waals surface area contributed by atoms with Crippen LogP contribution in [-0.2, 0) is 0 Å². The van der Waals surface area contributed by atoms with Crippen molar-refractivity contribution in [3.63, 3.8) is 0 Å². The largest absolute Gasteiger partial charge is 0.478 e. The van der Waals surface area contributed by atoms with E-state index in [1.54, 1.807) is 6.07 Å². The predicted molar refractivity (Wildman–Crippen MR) is 79.6 cm³/mol. The second kappa shape index (κ2) is 5.40. The fourth-order valence-electron chi connectivity index (χ4n) is 2.83. The summed E-state index contributed by atoms with van der Waals surface area (Å²) in [5.41, 5.74) is -0.0713. The van der Waals surface area contributed by atoms with Crippen LogP contribution in [-0.4, -0.2) is 35.1 Å². The number of piperidine rings is 1. The average molecular weight is 324 g/mol. The molecule has 1 unspecified atom stereocenters. The Bertz CT molecular complexity index is 779. The highest BCUT2D eigenvalue weighted by molar-refractivity contribution is 5.98. The van der Waals surface area contributed by atoms with Gasteiger partial charge in [0.1, 0.15) is 22.7 Å². The number of anilines is 1. The Kier molecular flexibility index (Phi) is 3.66. The fraction of sp³-hybridized carbons (Fsp3) is 0.375. The lowest BCUT2D eigenvalue weighted by Crippen LogP contribution is -2.46. The van der Waals surface area contributed by atoms with E-state index in [1.165, 1.54) is 30.0 Å². The van der Waals surface area contributed by atoms with Gasteiger partial charge in [0.05, 0.1) is 0 Å². The van der Waals surface area contributed by atoms with Crippen molar-refractivity contribution in [2.24, 2.45) is 5.92 Å². The van der Waals surface area contributed by atoms with Crippen molar-refractivity contribution in [3.8, 4) is 0 Å². The summed E-state index contributed by atoms with van der Waals surface area (Å²) in [6.07, 6.45) is -0.385. The standard InChI is InChI=1S/C16H15F3N2O2/c1-9-8-21(6-5-16(9,18)19)14-11(15(22)23)7-10-3-2-4-12(17)13(10)20-14/h2-4,7,9H,5-6,8H2,1H3,(H,22,23). The number of benzene rings is 1. The van der Waals surface area contributed by atoms with Gasteiger partial charge in [0.15, 0.2) is 0 Å². The van der Waals surface area contributed by atoms with Gasteiger partial charge in [-0.1, -0.05) is 19.1 Å². The van der Waals surface area contributed by atoms with E-state index in [0.29, 0.717) is 5.39 Å². The van der Waals surface area contributed by atoms with Gasteiger partial charge in [-0.3, -0.25) is 0 Å². The van der Waals surface area contributed by atoms with Crippen molar-refractivity contribution >= 4 is 22.7 Å². The molecule has 1 N–H and O–H groups in total. The molecule has 1 fully saturated rings. The van der Waals surface area contributed by atoms with E-state index in [9.17, 15) is 23.1 Å². The molecule has 0 aliphatic carbocycles. The second-order valence-electron chi connectivity index (χ2n) is 5.83. The number of halogens is 3. The molecule has 2 heterocycles. The Labute approximate surface area is 130 Å². The monoisotopic (exact) mass is 324 g/mol. The van der Waals surface area contributed by atoms with Crippen molar-refractivity contribution in [2.45, 2.75) is 19.3 Å². The summed E-state index contributed by atoms with van der Waals surface area (Å²) in [7, 11) is 0. The van der Waals surface area contributed by atoms with Crippen LogP contribution in [0.15, 0.2) is 24.3 Å². The fourth-order valence-corrected chi connectivity index (χ4v) is 2.83. The minimum Gasteiger partial charge on any atom is -0.478 e. The zero-order chi connectivity index (χ0) is 16.8. The maximum absolute atomic E-state index is 13.9. The first-order valence-electron chi connectivity index (χ1n) is 7.25. The highest BCUT2D eigenvalue weighted by atomic mass is 19.3. The van der Waals surface area contributed by atoms with Gasteiger partial charge < -0.3 is 10.0 Å². The Balaban J connectivity index is 2.10. The number of alkyl halides is 2. The minimum atomic E-state index is -2.79. The van der Waals surface area contributed by atoms with E-state index in [-0.39, 0.29) is 36.4 Å². The molecule has 1 atom stereocenters. The second-order valence-corrected chi connectivity index (χ2v) is 5.83. The van der Waals surface area contributed by atoms with Crippen LogP contribution < -0.4 is 4.90 Å². The maximum Gasteiger partial charge on any atom is 0.339 e. The normalized spacial score (nSPS) is 20.7. The van der Waals surface area contributed by atoms with Crippen molar-refractivity contribution in [1.29, 1.82) is 0 Å². The predicted octanol–water partition coefficient (Wildman–Crippen LogP) is 3.55. The highest BCUT2D eigenvalue weighted by Gasteiger charge is 2.42. The lowest BCUT2D eigenvalue weighted by molar-refractivity contribution is -0.0652. The maximum atomic E-state index is 13.9. The molecule has 0 radical (unpaired) electrons. The molecule has 122 valence electrons. The lowest BCUT2D eigenvalue weighted by Gasteiger charge is -2.37. The quantitative estimate of drug-likeness (QED) is 0.918. The molecule has 0 saturated carbocycles. The number of hydrogen-bond donors (Lipinski definition) is 1. The van der Waals surface area contributed by atoms with Crippen LogP contribution in [0.1, 0.15) is 23.7 Å². The number of hydrogen-bond acceptors (Lipinski definition) is 3. The van der Waals surface area contributed by atoms with Crippen LogP contribution in [0.25, 0.3) is 10.9 Å². The Morgan fingerprint density at radius 3 is 2.83 bits per heavy atom. The average Bonchev–Trinajstić information content (AvgIpc) is 2.49. The first kappa shape index (κ1) is 15.6. The summed E-state index contributed by atoms with van der Waals surface area (Å²) in [6, 6.07) is 5.59. The van der Waals surface area contributed by atoms with Crippen LogP contribution in [0.2, 0.25) is 0 Å². The number of carboxylic acid groups (broad SMARTS) is 1. The van der Waals surface area contributed by atoms with E-state index in [1.807, 2.05) is 0 Å². The van der Waals surface area contributed by atoms with Crippen molar-refractivity contribution < 1.29 is 23.1 Å². The number of nitrogens with zero attached hydrogens (tertiary/aromatic N) is 2. The number of para-hydroxylation sites is 1. The Morgan fingerprint density at radius 1 is 1.43 bits per heavy atom. The first-order valence-corrected chi connectivity index (χ1v) is 7.25. The number of aromatic carboxylic acids is 1. The zero-order valence-corrected chi connectivity index (χ0v) is 12.4. The Morgan fingerprint density at radius 2 is 2.17 bits per heavy atom. The van der Waals surface area contributed by atoms with Crippen molar-refractivity contribution in [2.75, 3.05) is 18.0 Å². The van der Waals surface area contributed by atoms with E-state index >= 15 is 0 Å². The van der Waals surface area contributed by atoms with Gasteiger partial charge in [-0.15, -0.1) is 0 Å². The molecule has 1 aromatic carbocycles. The summed E-state index contributed by atoms with van der Waals surface area (Å²) in [5, 5.41) is 9.75. The molecule has 1 aliphatic rings. The number of carbonyl (C=O) groups is 1. The minimum absolute atomic E-state index is 0.0232. The third-order valence-electron chi connectivity index (χ3n) is 4.24. The molecule has 0 spiro atoms. The zero-order valence-electron chi connectivity index (χ0n) is 12.4. The SMILES string of the molecule is CC1CN(c2nc3c(F)cccc3cc2C(=O)O)CCC1(F)F. The van der Waals surface area contributed by atoms with Crippen molar-refractivity contribution in [1.82, 2.24) is 4.98 Å². The molecule has 23 heavy (non-hydrogen) atoms. The summed E-state index contributed by atoms with van der Waals surface area (Å²) >= 11 is 0. The molecule has 1 aromatic heterocycles. The Hall–Kier alpha value is -2.31. The molecule has 0 bridgehead atoms. The van der Waals surface area contributed by atoms with Gasteiger partial charge in [0, 0.05) is 30.8 Å². The molecule has 2 aromatic rings. The van der Waals surface area contributed by atoms with E-state index < -0.39 is 23.6 Å². The number of aromatic nitrogens is 1. The third-order valence-corrected chi connectivity index (χ3v) is 4.24. The lowest BCUT2D eigenvalue weighted by atomic mass is 9.95. The van der Waals surface area contributed by atoms with Crippen LogP contribution in [0.3, 0.4) is 0 Å². The molecular formula is C16H15F3N2O2. The number of pyridine rings is 1. The smallest absolute Gasteiger partial charge is 0.339 e. The topological polar surface area (TPSA) is 53.4 Å². The number of carboxylic acids is 1. The molecule has 7 heteroatoms. The summed E-state index contributed by atoms with van der Waals surface area (Å²) < 4.78 is 41.2. The molecule has 3 rings (SSSR count). The molecule has 0 amide bonds. The van der Waals surface area contributed by atoms with Crippen LogP contribution in [0, 0.1) is 11.7 Å². The number of rotatable bonds is 2. The van der Waals surface area contributed by atoms with E-state index in [0.717, 1.165) is 0 Å².